The predicted molar refractivity (Wildman–Crippen MR) is 112 cm³/mol. The highest BCUT2D eigenvalue weighted by Crippen LogP contribution is 2.34. The normalized spacial score (nSPS) is 11.0. The van der Waals surface area contributed by atoms with Gasteiger partial charge in [-0.25, -0.2) is 0 Å². The molecule has 0 saturated heterocycles. The summed E-state index contributed by atoms with van der Waals surface area (Å²) >= 11 is 0. The largest absolute Gasteiger partial charge is 0.330 e. The molecule has 0 saturated carbocycles. The predicted octanol–water partition coefficient (Wildman–Crippen LogP) is 4.12. The van der Waals surface area contributed by atoms with Crippen LogP contribution >= 0.6 is 7.92 Å². The fraction of sp³-hybridized carbons (Fsp3) is 0.217. The number of benzene rings is 3. The van der Waals surface area contributed by atoms with Gasteiger partial charge in [0.1, 0.15) is 0 Å². The SMILES string of the molecule is NCCCCCc1ccccc1P(c1ccccc1)c1ccccc1. The number of aryl methyl sites for hydroxylation is 1. The van der Waals surface area contributed by atoms with E-state index in [4.69, 9.17) is 5.73 Å². The number of hydrogen-bond donors (Lipinski definition) is 1. The molecular formula is C23H26NP. The maximum atomic E-state index is 5.64. The summed E-state index contributed by atoms with van der Waals surface area (Å²) in [6.45, 7) is 0.794. The van der Waals surface area contributed by atoms with Crippen LogP contribution < -0.4 is 21.6 Å². The molecule has 2 N–H and O–H groups in total. The van der Waals surface area contributed by atoms with Crippen LogP contribution in [0.25, 0.3) is 0 Å². The molecule has 3 aromatic carbocycles. The average molecular weight is 347 g/mol. The molecule has 3 aromatic rings. The average Bonchev–Trinajstić information content (AvgIpc) is 2.68. The standard InChI is InChI=1S/C23H26NP/c24-19-11-3-4-12-20-13-9-10-18-23(20)25(21-14-5-1-6-15-21)22-16-7-2-8-17-22/h1-2,5-10,13-18H,3-4,11-12,19,24H2. The molecule has 0 aliphatic carbocycles. The van der Waals surface area contributed by atoms with Crippen LogP contribution in [-0.4, -0.2) is 6.54 Å². The van der Waals surface area contributed by atoms with Gasteiger partial charge in [0.05, 0.1) is 0 Å². The van der Waals surface area contributed by atoms with E-state index in [0.717, 1.165) is 19.4 Å². The highest BCUT2D eigenvalue weighted by atomic mass is 31.1. The number of unbranched alkanes of at least 4 members (excludes halogenated alkanes) is 2. The van der Waals surface area contributed by atoms with E-state index in [1.807, 2.05) is 0 Å². The van der Waals surface area contributed by atoms with Crippen LogP contribution in [0.1, 0.15) is 24.8 Å². The number of hydrogen-bond acceptors (Lipinski definition) is 1. The van der Waals surface area contributed by atoms with Crippen LogP contribution in [0.5, 0.6) is 0 Å². The zero-order chi connectivity index (χ0) is 17.3. The Labute approximate surface area is 152 Å². The van der Waals surface area contributed by atoms with Gasteiger partial charge in [-0.1, -0.05) is 91.3 Å². The van der Waals surface area contributed by atoms with E-state index >= 15 is 0 Å². The molecule has 0 fully saturated rings. The van der Waals surface area contributed by atoms with Gasteiger partial charge in [-0.2, -0.15) is 0 Å². The molecule has 0 aliphatic heterocycles. The van der Waals surface area contributed by atoms with Gasteiger partial charge in [0.2, 0.25) is 0 Å². The lowest BCUT2D eigenvalue weighted by atomic mass is 10.1. The third-order valence-electron chi connectivity index (χ3n) is 4.41. The topological polar surface area (TPSA) is 26.0 Å². The first-order valence-corrected chi connectivity index (χ1v) is 10.4. The Balaban J connectivity index is 1.97. The van der Waals surface area contributed by atoms with Crippen molar-refractivity contribution in [1.29, 1.82) is 0 Å². The van der Waals surface area contributed by atoms with Crippen LogP contribution in [0.3, 0.4) is 0 Å². The monoisotopic (exact) mass is 347 g/mol. The minimum Gasteiger partial charge on any atom is -0.330 e. The van der Waals surface area contributed by atoms with E-state index < -0.39 is 7.92 Å². The van der Waals surface area contributed by atoms with Gasteiger partial charge in [-0.05, 0) is 55.2 Å². The fourth-order valence-corrected chi connectivity index (χ4v) is 5.66. The highest BCUT2D eigenvalue weighted by Gasteiger charge is 2.18. The molecule has 0 radical (unpaired) electrons. The molecule has 0 unspecified atom stereocenters. The van der Waals surface area contributed by atoms with Crippen molar-refractivity contribution < 1.29 is 0 Å². The summed E-state index contributed by atoms with van der Waals surface area (Å²) in [6, 6.07) is 30.8. The van der Waals surface area contributed by atoms with E-state index in [2.05, 4.69) is 84.9 Å². The minimum absolute atomic E-state index is 0.516. The Morgan fingerprint density at radius 3 is 1.76 bits per heavy atom. The second-order valence-corrected chi connectivity index (χ2v) is 8.42. The van der Waals surface area contributed by atoms with Crippen LogP contribution in [-0.2, 0) is 6.42 Å². The summed E-state index contributed by atoms with van der Waals surface area (Å²) < 4.78 is 0. The molecule has 0 atom stereocenters. The summed E-state index contributed by atoms with van der Waals surface area (Å²) in [6.07, 6.45) is 4.67. The Morgan fingerprint density at radius 1 is 0.600 bits per heavy atom. The summed E-state index contributed by atoms with van der Waals surface area (Å²) in [5.41, 5.74) is 7.13. The highest BCUT2D eigenvalue weighted by molar-refractivity contribution is 7.79. The molecule has 0 aliphatic rings. The lowest BCUT2D eigenvalue weighted by Crippen LogP contribution is -2.23. The molecule has 1 nitrogen and oxygen atoms in total. The van der Waals surface area contributed by atoms with Crippen LogP contribution in [0, 0.1) is 0 Å². The van der Waals surface area contributed by atoms with Crippen molar-refractivity contribution in [3.8, 4) is 0 Å². The van der Waals surface area contributed by atoms with Gasteiger partial charge in [0.15, 0.2) is 0 Å². The van der Waals surface area contributed by atoms with Crippen LogP contribution in [0.2, 0.25) is 0 Å². The second kappa shape index (κ2) is 9.51. The van der Waals surface area contributed by atoms with Crippen molar-refractivity contribution in [3.63, 3.8) is 0 Å². The van der Waals surface area contributed by atoms with Gasteiger partial charge < -0.3 is 5.73 Å². The van der Waals surface area contributed by atoms with Crippen molar-refractivity contribution in [1.82, 2.24) is 0 Å². The zero-order valence-corrected chi connectivity index (χ0v) is 15.5. The summed E-state index contributed by atoms with van der Waals surface area (Å²) in [5, 5.41) is 4.32. The molecule has 2 heteroatoms. The molecule has 25 heavy (non-hydrogen) atoms. The van der Waals surface area contributed by atoms with Crippen molar-refractivity contribution in [2.75, 3.05) is 6.54 Å². The van der Waals surface area contributed by atoms with Crippen LogP contribution in [0.15, 0.2) is 84.9 Å². The second-order valence-electron chi connectivity index (χ2n) is 6.23. The quantitative estimate of drug-likeness (QED) is 0.481. The smallest absolute Gasteiger partial charge is 0.00773 e. The van der Waals surface area contributed by atoms with Crippen molar-refractivity contribution in [2.24, 2.45) is 5.73 Å². The van der Waals surface area contributed by atoms with Gasteiger partial charge in [0.25, 0.3) is 0 Å². The van der Waals surface area contributed by atoms with Gasteiger partial charge in [-0.3, -0.25) is 0 Å². The third-order valence-corrected chi connectivity index (χ3v) is 6.96. The van der Waals surface area contributed by atoms with Crippen molar-refractivity contribution in [3.05, 3.63) is 90.5 Å². The van der Waals surface area contributed by atoms with Crippen molar-refractivity contribution in [2.45, 2.75) is 25.7 Å². The van der Waals surface area contributed by atoms with Crippen molar-refractivity contribution >= 4 is 23.8 Å². The number of rotatable bonds is 8. The Hall–Kier alpha value is -1.95. The van der Waals surface area contributed by atoms with E-state index in [9.17, 15) is 0 Å². The Bertz CT molecular complexity index is 716. The lowest BCUT2D eigenvalue weighted by molar-refractivity contribution is 0.688. The van der Waals surface area contributed by atoms with E-state index in [-0.39, 0.29) is 0 Å². The van der Waals surface area contributed by atoms with E-state index in [1.165, 1.54) is 34.3 Å². The first-order chi connectivity index (χ1) is 12.4. The molecule has 0 aromatic heterocycles. The third kappa shape index (κ3) is 4.78. The molecule has 0 amide bonds. The summed E-state index contributed by atoms with van der Waals surface area (Å²) in [5.74, 6) is 0. The molecule has 0 bridgehead atoms. The van der Waals surface area contributed by atoms with Crippen LogP contribution in [0.4, 0.5) is 0 Å². The summed E-state index contributed by atoms with van der Waals surface area (Å²) in [4.78, 5) is 0. The Morgan fingerprint density at radius 2 is 1.16 bits per heavy atom. The number of nitrogens with two attached hydrogens (primary N) is 1. The molecule has 0 spiro atoms. The molecule has 0 heterocycles. The fourth-order valence-electron chi connectivity index (χ4n) is 3.16. The maximum Gasteiger partial charge on any atom is -0.00773 e. The first-order valence-electron chi connectivity index (χ1n) is 9.08. The summed E-state index contributed by atoms with van der Waals surface area (Å²) in [7, 11) is -0.516. The van der Waals surface area contributed by atoms with E-state index in [1.54, 1.807) is 0 Å². The molecule has 3 rings (SSSR count). The Kier molecular flexibility index (Phi) is 6.79. The lowest BCUT2D eigenvalue weighted by Gasteiger charge is -2.22. The molecule has 128 valence electrons. The zero-order valence-electron chi connectivity index (χ0n) is 14.6. The van der Waals surface area contributed by atoms with Gasteiger partial charge >= 0.3 is 0 Å². The molecular weight excluding hydrogens is 321 g/mol. The minimum atomic E-state index is -0.516. The maximum absolute atomic E-state index is 5.64. The van der Waals surface area contributed by atoms with E-state index in [0.29, 0.717) is 0 Å². The van der Waals surface area contributed by atoms with Gasteiger partial charge in [0, 0.05) is 0 Å². The first kappa shape index (κ1) is 17.9. The van der Waals surface area contributed by atoms with Gasteiger partial charge in [-0.15, -0.1) is 0 Å².